The van der Waals surface area contributed by atoms with Gasteiger partial charge in [0.05, 0.1) is 0 Å². The van der Waals surface area contributed by atoms with Gasteiger partial charge in [-0.05, 0) is 38.5 Å². The van der Waals surface area contributed by atoms with Gasteiger partial charge in [0.1, 0.15) is 12.2 Å². The van der Waals surface area contributed by atoms with E-state index >= 15 is 0 Å². The summed E-state index contributed by atoms with van der Waals surface area (Å²) in [5.74, 6) is -0.691. The molecule has 126 valence electrons. The van der Waals surface area contributed by atoms with Crippen molar-refractivity contribution in [3.63, 3.8) is 0 Å². The second-order valence-electron chi connectivity index (χ2n) is 5.33. The van der Waals surface area contributed by atoms with E-state index in [1.54, 1.807) is 0 Å². The van der Waals surface area contributed by atoms with E-state index < -0.39 is 0 Å². The number of ether oxygens (including phenoxy) is 2. The Morgan fingerprint density at radius 3 is 1.45 bits per heavy atom. The Bertz CT molecular complexity index is 315. The van der Waals surface area contributed by atoms with Crippen LogP contribution in [0, 0.1) is 0 Å². The summed E-state index contributed by atoms with van der Waals surface area (Å²) in [6.07, 6.45) is 10.1. The molecule has 0 fully saturated rings. The number of hydrogen-bond acceptors (Lipinski definition) is 4. The summed E-state index contributed by atoms with van der Waals surface area (Å²) in [5.41, 5.74) is 0. The lowest BCUT2D eigenvalue weighted by atomic mass is 10.0. The van der Waals surface area contributed by atoms with Crippen LogP contribution >= 0.6 is 0 Å². The first-order valence-electron chi connectivity index (χ1n) is 8.23. The Morgan fingerprint density at radius 1 is 0.818 bits per heavy atom. The number of unbranched alkanes of at least 4 members (excludes halogenated alkanes) is 3. The Hall–Kier alpha value is -1.58. The largest absolute Gasteiger partial charge is 0.459 e. The van der Waals surface area contributed by atoms with Crippen molar-refractivity contribution in [2.45, 2.75) is 77.4 Å². The highest BCUT2D eigenvalue weighted by molar-refractivity contribution is 5.81. The molecule has 0 heterocycles. The van der Waals surface area contributed by atoms with Gasteiger partial charge in [0, 0.05) is 12.2 Å². The molecular weight excluding hydrogens is 280 g/mol. The lowest BCUT2D eigenvalue weighted by molar-refractivity contribution is -0.144. The first kappa shape index (κ1) is 20.4. The smallest absolute Gasteiger partial charge is 0.330 e. The first-order valence-corrected chi connectivity index (χ1v) is 8.23. The Morgan fingerprint density at radius 2 is 1.18 bits per heavy atom. The van der Waals surface area contributed by atoms with Crippen molar-refractivity contribution in [2.24, 2.45) is 0 Å². The van der Waals surface area contributed by atoms with Gasteiger partial charge >= 0.3 is 11.9 Å². The fourth-order valence-electron chi connectivity index (χ4n) is 2.22. The van der Waals surface area contributed by atoms with Crippen LogP contribution in [0.2, 0.25) is 0 Å². The number of esters is 2. The molecule has 0 N–H and O–H groups in total. The first-order chi connectivity index (χ1) is 10.6. The number of hydrogen-bond donors (Lipinski definition) is 0. The van der Waals surface area contributed by atoms with E-state index in [9.17, 15) is 9.59 Å². The van der Waals surface area contributed by atoms with Crippen LogP contribution in [0.5, 0.6) is 0 Å². The summed E-state index contributed by atoms with van der Waals surface area (Å²) in [5, 5.41) is 0. The molecule has 4 heteroatoms. The van der Waals surface area contributed by atoms with Crippen molar-refractivity contribution < 1.29 is 19.1 Å². The summed E-state index contributed by atoms with van der Waals surface area (Å²) >= 11 is 0. The van der Waals surface area contributed by atoms with E-state index in [1.165, 1.54) is 12.2 Å². The molecule has 0 aromatic rings. The lowest BCUT2D eigenvalue weighted by Crippen LogP contribution is -2.16. The van der Waals surface area contributed by atoms with E-state index in [1.807, 2.05) is 13.8 Å². The van der Waals surface area contributed by atoms with Crippen LogP contribution in [0.25, 0.3) is 0 Å². The molecule has 0 bridgehead atoms. The SMILES string of the molecule is C=CC(=O)OC(CC)CCCCCCC(CC)OC(=O)C=C. The Balaban J connectivity index is 3.74. The zero-order chi connectivity index (χ0) is 16.8. The Labute approximate surface area is 134 Å². The van der Waals surface area contributed by atoms with Gasteiger partial charge in [-0.15, -0.1) is 0 Å². The lowest BCUT2D eigenvalue weighted by Gasteiger charge is -2.16. The molecule has 0 aliphatic carbocycles. The predicted molar refractivity (Wildman–Crippen MR) is 88.4 cm³/mol. The van der Waals surface area contributed by atoms with Gasteiger partial charge < -0.3 is 9.47 Å². The fourth-order valence-corrected chi connectivity index (χ4v) is 2.22. The quantitative estimate of drug-likeness (QED) is 0.288. The van der Waals surface area contributed by atoms with E-state index in [0.29, 0.717) is 0 Å². The molecule has 2 unspecified atom stereocenters. The number of rotatable bonds is 13. The highest BCUT2D eigenvalue weighted by Crippen LogP contribution is 2.15. The summed E-state index contributed by atoms with van der Waals surface area (Å²) in [6.45, 7) is 10.8. The zero-order valence-electron chi connectivity index (χ0n) is 14.0. The summed E-state index contributed by atoms with van der Waals surface area (Å²) in [4.78, 5) is 22.3. The van der Waals surface area contributed by atoms with Crippen molar-refractivity contribution in [1.29, 1.82) is 0 Å². The van der Waals surface area contributed by atoms with Crippen molar-refractivity contribution in [3.05, 3.63) is 25.3 Å². The van der Waals surface area contributed by atoms with Crippen LogP contribution < -0.4 is 0 Å². The Kier molecular flexibility index (Phi) is 12.2. The van der Waals surface area contributed by atoms with Gasteiger partial charge in [-0.3, -0.25) is 0 Å². The third-order valence-corrected chi connectivity index (χ3v) is 3.61. The van der Waals surface area contributed by atoms with Crippen molar-refractivity contribution in [1.82, 2.24) is 0 Å². The second-order valence-corrected chi connectivity index (χ2v) is 5.33. The van der Waals surface area contributed by atoms with Crippen LogP contribution in [0.15, 0.2) is 25.3 Å². The topological polar surface area (TPSA) is 52.6 Å². The molecule has 0 spiro atoms. The average molecular weight is 310 g/mol. The van der Waals surface area contributed by atoms with Gasteiger partial charge in [-0.25, -0.2) is 9.59 Å². The normalized spacial score (nSPS) is 13.0. The minimum atomic E-state index is -0.346. The van der Waals surface area contributed by atoms with Crippen LogP contribution in [-0.4, -0.2) is 24.1 Å². The molecule has 4 nitrogen and oxygen atoms in total. The average Bonchev–Trinajstić information content (AvgIpc) is 2.54. The summed E-state index contributed by atoms with van der Waals surface area (Å²) < 4.78 is 10.5. The van der Waals surface area contributed by atoms with Crippen molar-refractivity contribution >= 4 is 11.9 Å². The fraction of sp³-hybridized carbons (Fsp3) is 0.667. The maximum atomic E-state index is 11.1. The van der Waals surface area contributed by atoms with Gasteiger partial charge in [-0.2, -0.15) is 0 Å². The van der Waals surface area contributed by atoms with Gasteiger partial charge in [0.25, 0.3) is 0 Å². The van der Waals surface area contributed by atoms with Crippen molar-refractivity contribution in [3.8, 4) is 0 Å². The van der Waals surface area contributed by atoms with Gasteiger partial charge in [0.2, 0.25) is 0 Å². The molecule has 0 amide bonds. The maximum Gasteiger partial charge on any atom is 0.330 e. The molecule has 22 heavy (non-hydrogen) atoms. The third-order valence-electron chi connectivity index (χ3n) is 3.61. The summed E-state index contributed by atoms with van der Waals surface area (Å²) in [6, 6.07) is 0. The zero-order valence-corrected chi connectivity index (χ0v) is 14.0. The van der Waals surface area contributed by atoms with E-state index in [4.69, 9.17) is 9.47 Å². The molecule has 0 saturated carbocycles. The standard InChI is InChI=1S/C18H30O4/c1-5-15(21-17(19)7-3)13-11-9-10-12-14-16(6-2)22-18(20)8-4/h7-8,15-16H,3-6,9-14H2,1-2H3. The molecule has 0 aromatic heterocycles. The van der Waals surface area contributed by atoms with E-state index in [2.05, 4.69) is 13.2 Å². The number of carbonyl (C=O) groups is 2. The van der Waals surface area contributed by atoms with Crippen LogP contribution in [0.4, 0.5) is 0 Å². The van der Waals surface area contributed by atoms with E-state index in [-0.39, 0.29) is 24.1 Å². The minimum absolute atomic E-state index is 0.0116. The monoisotopic (exact) mass is 310 g/mol. The van der Waals surface area contributed by atoms with Gasteiger partial charge in [0.15, 0.2) is 0 Å². The van der Waals surface area contributed by atoms with Crippen LogP contribution in [-0.2, 0) is 19.1 Å². The molecule has 0 saturated heterocycles. The highest BCUT2D eigenvalue weighted by Gasteiger charge is 2.11. The van der Waals surface area contributed by atoms with Crippen molar-refractivity contribution in [2.75, 3.05) is 0 Å². The third kappa shape index (κ3) is 10.2. The minimum Gasteiger partial charge on any atom is -0.459 e. The maximum absolute atomic E-state index is 11.1. The molecule has 0 aliphatic heterocycles. The highest BCUT2D eigenvalue weighted by atomic mass is 16.5. The molecule has 0 aliphatic rings. The van der Waals surface area contributed by atoms with Gasteiger partial charge in [-0.1, -0.05) is 39.8 Å². The summed E-state index contributed by atoms with van der Waals surface area (Å²) in [7, 11) is 0. The van der Waals surface area contributed by atoms with Crippen LogP contribution in [0.1, 0.15) is 65.2 Å². The second kappa shape index (κ2) is 13.1. The molecule has 0 radical (unpaired) electrons. The molecule has 0 rings (SSSR count). The molecular formula is C18H30O4. The predicted octanol–water partition coefficient (Wildman–Crippen LogP) is 4.34. The van der Waals surface area contributed by atoms with Crippen LogP contribution in [0.3, 0.4) is 0 Å². The molecule has 2 atom stereocenters. The number of carbonyl (C=O) groups excluding carboxylic acids is 2. The van der Waals surface area contributed by atoms with E-state index in [0.717, 1.165) is 51.4 Å². The molecule has 0 aromatic carbocycles.